The lowest BCUT2D eigenvalue weighted by atomic mass is 9.86. The van der Waals surface area contributed by atoms with E-state index in [4.69, 9.17) is 12.6 Å². The quantitative estimate of drug-likeness (QED) is 0.703. The zero-order valence-electron chi connectivity index (χ0n) is 13.0. The van der Waals surface area contributed by atoms with Crippen molar-refractivity contribution in [3.63, 3.8) is 0 Å². The molecule has 1 unspecified atom stereocenters. The van der Waals surface area contributed by atoms with E-state index >= 15 is 0 Å². The van der Waals surface area contributed by atoms with Crippen molar-refractivity contribution in [2.24, 2.45) is 0 Å². The van der Waals surface area contributed by atoms with Gasteiger partial charge >= 0.3 is 0 Å². The van der Waals surface area contributed by atoms with Crippen LogP contribution >= 0.6 is 12.6 Å². The number of nitrogens with zero attached hydrogens (tertiary/aromatic N) is 2. The van der Waals surface area contributed by atoms with E-state index in [1.165, 1.54) is 6.42 Å². The third kappa shape index (κ3) is 4.46. The molecule has 0 aromatic carbocycles. The van der Waals surface area contributed by atoms with E-state index in [-0.39, 0.29) is 10.3 Å². The van der Waals surface area contributed by atoms with Crippen LogP contribution < -0.4 is 0 Å². The van der Waals surface area contributed by atoms with Gasteiger partial charge in [-0.1, -0.05) is 6.92 Å². The summed E-state index contributed by atoms with van der Waals surface area (Å²) in [6.45, 7) is 15.7. The van der Waals surface area contributed by atoms with Gasteiger partial charge in [-0.15, -0.1) is 0 Å². The topological polar surface area (TPSA) is 6.48 Å². The third-order valence-corrected chi connectivity index (χ3v) is 4.88. The summed E-state index contributed by atoms with van der Waals surface area (Å²) in [5, 5.41) is 0. The van der Waals surface area contributed by atoms with E-state index in [0.29, 0.717) is 6.04 Å². The van der Waals surface area contributed by atoms with Crippen LogP contribution in [0, 0.1) is 0 Å². The van der Waals surface area contributed by atoms with Crippen LogP contribution in [0.3, 0.4) is 0 Å². The molecule has 0 amide bonds. The Kier molecular flexibility index (Phi) is 6.54. The van der Waals surface area contributed by atoms with Crippen molar-refractivity contribution < 1.29 is 0 Å². The fourth-order valence-electron chi connectivity index (χ4n) is 1.88. The van der Waals surface area contributed by atoms with Crippen LogP contribution in [-0.4, -0.2) is 53.3 Å². The Morgan fingerprint density at radius 1 is 1.12 bits per heavy atom. The van der Waals surface area contributed by atoms with Crippen LogP contribution in [-0.2, 0) is 0 Å². The van der Waals surface area contributed by atoms with Crippen LogP contribution in [0.4, 0.5) is 0 Å². The molecule has 1 atom stereocenters. The van der Waals surface area contributed by atoms with Crippen LogP contribution in [0.2, 0.25) is 0 Å². The van der Waals surface area contributed by atoms with Gasteiger partial charge in [-0.2, -0.15) is 12.6 Å². The predicted molar refractivity (Wildman–Crippen MR) is 82.2 cm³/mol. The van der Waals surface area contributed by atoms with Crippen molar-refractivity contribution in [2.45, 2.75) is 64.3 Å². The number of rotatable bonds is 7. The Morgan fingerprint density at radius 3 is 1.88 bits per heavy atom. The first-order chi connectivity index (χ1) is 7.56. The molecular formula is C14H32N2S. The summed E-state index contributed by atoms with van der Waals surface area (Å²) in [6, 6.07) is 0.583. The minimum atomic E-state index is -0.0318. The summed E-state index contributed by atoms with van der Waals surface area (Å²) in [5.41, 5.74) is 0.0665. The molecule has 0 aliphatic carbocycles. The van der Waals surface area contributed by atoms with E-state index in [1.807, 2.05) is 0 Å². The second-order valence-corrected chi connectivity index (χ2v) is 7.28. The fourth-order valence-corrected chi connectivity index (χ4v) is 2.26. The predicted octanol–water partition coefficient (Wildman–Crippen LogP) is 3.14. The first-order valence-electron chi connectivity index (χ1n) is 6.70. The second-order valence-electron chi connectivity index (χ2n) is 6.29. The molecule has 0 aromatic heterocycles. The van der Waals surface area contributed by atoms with Gasteiger partial charge in [0, 0.05) is 22.9 Å². The molecule has 0 radical (unpaired) electrons. The number of hydrogen-bond donors (Lipinski definition) is 1. The lowest BCUT2D eigenvalue weighted by Gasteiger charge is -2.48. The minimum absolute atomic E-state index is 0.0318. The highest BCUT2D eigenvalue weighted by Gasteiger charge is 2.41. The maximum absolute atomic E-state index is 4.95. The second kappa shape index (κ2) is 6.44. The summed E-state index contributed by atoms with van der Waals surface area (Å²) in [7, 11) is 4.27. The van der Waals surface area contributed by atoms with Crippen molar-refractivity contribution in [3.8, 4) is 0 Å². The summed E-state index contributed by atoms with van der Waals surface area (Å²) in [4.78, 5) is 4.79. The van der Waals surface area contributed by atoms with Gasteiger partial charge in [0.15, 0.2) is 0 Å². The van der Waals surface area contributed by atoms with Gasteiger partial charge in [-0.25, -0.2) is 0 Å². The first kappa shape index (κ1) is 17.3. The highest BCUT2D eigenvalue weighted by molar-refractivity contribution is 7.82. The van der Waals surface area contributed by atoms with Crippen molar-refractivity contribution in [2.75, 3.05) is 27.2 Å². The Hall–Kier alpha value is 0.270. The minimum Gasteiger partial charge on any atom is -0.303 e. The van der Waals surface area contributed by atoms with Gasteiger partial charge in [0.2, 0.25) is 0 Å². The average Bonchev–Trinajstić information content (AvgIpc) is 2.16. The van der Waals surface area contributed by atoms with Crippen LogP contribution in [0.5, 0.6) is 0 Å². The first-order valence-corrected chi connectivity index (χ1v) is 7.14. The molecule has 0 fully saturated rings. The van der Waals surface area contributed by atoms with Gasteiger partial charge in [-0.3, -0.25) is 4.90 Å². The molecule has 17 heavy (non-hydrogen) atoms. The van der Waals surface area contributed by atoms with E-state index in [2.05, 4.69) is 65.4 Å². The molecule has 3 heteroatoms. The molecule has 0 N–H and O–H groups in total. The molecule has 0 rings (SSSR count). The van der Waals surface area contributed by atoms with Gasteiger partial charge in [-0.05, 0) is 61.7 Å². The van der Waals surface area contributed by atoms with Crippen molar-refractivity contribution in [1.82, 2.24) is 9.80 Å². The molecule has 0 aromatic rings. The summed E-state index contributed by atoms with van der Waals surface area (Å²) >= 11 is 4.95. The maximum Gasteiger partial charge on any atom is 0.0406 e. The standard InChI is InChI=1S/C14H32N2S/c1-9-10-16(12(2)3)11-14(6,17)13(4,5)15(7)8/h12,17H,9-11H2,1-8H3. The Balaban J connectivity index is 4.82. The van der Waals surface area contributed by atoms with Gasteiger partial charge < -0.3 is 4.90 Å². The molecule has 0 spiro atoms. The molecule has 104 valence electrons. The van der Waals surface area contributed by atoms with Crippen molar-refractivity contribution in [3.05, 3.63) is 0 Å². The van der Waals surface area contributed by atoms with E-state index in [9.17, 15) is 0 Å². The fraction of sp³-hybridized carbons (Fsp3) is 1.00. The molecule has 0 saturated carbocycles. The maximum atomic E-state index is 4.95. The molecular weight excluding hydrogens is 228 g/mol. The normalized spacial score (nSPS) is 16.9. The lowest BCUT2D eigenvalue weighted by Crippen LogP contribution is -2.59. The third-order valence-electron chi connectivity index (χ3n) is 4.19. The van der Waals surface area contributed by atoms with E-state index in [0.717, 1.165) is 13.1 Å². The van der Waals surface area contributed by atoms with Gasteiger partial charge in [0.05, 0.1) is 0 Å². The Morgan fingerprint density at radius 2 is 1.59 bits per heavy atom. The summed E-state index contributed by atoms with van der Waals surface area (Å²) < 4.78 is -0.0318. The molecule has 0 aliphatic rings. The molecule has 0 saturated heterocycles. The van der Waals surface area contributed by atoms with Crippen LogP contribution in [0.15, 0.2) is 0 Å². The van der Waals surface area contributed by atoms with Gasteiger partial charge in [0.25, 0.3) is 0 Å². The highest BCUT2D eigenvalue weighted by Crippen LogP contribution is 2.33. The number of hydrogen-bond acceptors (Lipinski definition) is 3. The largest absolute Gasteiger partial charge is 0.303 e. The highest BCUT2D eigenvalue weighted by atomic mass is 32.1. The van der Waals surface area contributed by atoms with Gasteiger partial charge in [0.1, 0.15) is 0 Å². The Labute approximate surface area is 114 Å². The summed E-state index contributed by atoms with van der Waals surface area (Å²) in [5.74, 6) is 0. The average molecular weight is 260 g/mol. The number of thiol groups is 1. The van der Waals surface area contributed by atoms with Crippen LogP contribution in [0.1, 0.15) is 48.0 Å². The monoisotopic (exact) mass is 260 g/mol. The molecule has 0 heterocycles. The van der Waals surface area contributed by atoms with Crippen molar-refractivity contribution in [1.29, 1.82) is 0 Å². The smallest absolute Gasteiger partial charge is 0.0406 e. The zero-order chi connectivity index (χ0) is 13.9. The SMILES string of the molecule is CCCN(CC(C)(S)C(C)(C)N(C)C)C(C)C. The lowest BCUT2D eigenvalue weighted by molar-refractivity contribution is 0.103. The molecule has 0 bridgehead atoms. The Bertz CT molecular complexity index is 222. The van der Waals surface area contributed by atoms with Crippen LogP contribution in [0.25, 0.3) is 0 Å². The summed E-state index contributed by atoms with van der Waals surface area (Å²) in [6.07, 6.45) is 1.20. The zero-order valence-corrected chi connectivity index (χ0v) is 13.9. The molecule has 2 nitrogen and oxygen atoms in total. The molecule has 0 aliphatic heterocycles. The van der Waals surface area contributed by atoms with E-state index in [1.54, 1.807) is 0 Å². The van der Waals surface area contributed by atoms with E-state index < -0.39 is 0 Å². The van der Waals surface area contributed by atoms with Crippen molar-refractivity contribution >= 4 is 12.6 Å².